The lowest BCUT2D eigenvalue weighted by atomic mass is 10.1. The third-order valence-electron chi connectivity index (χ3n) is 2.69. The van der Waals surface area contributed by atoms with Crippen molar-refractivity contribution in [3.63, 3.8) is 0 Å². The SMILES string of the molecule is CCCC(Oc1cc(Br)ccc1C(C)=O)C(=O)OCC. The minimum Gasteiger partial charge on any atom is -0.478 e. The molecule has 0 aliphatic carbocycles. The maximum atomic E-state index is 11.9. The Morgan fingerprint density at radius 3 is 2.55 bits per heavy atom. The highest BCUT2D eigenvalue weighted by Gasteiger charge is 2.22. The average Bonchev–Trinajstić information content (AvgIpc) is 2.38. The third kappa shape index (κ3) is 4.63. The fraction of sp³-hybridized carbons (Fsp3) is 0.467. The zero-order valence-corrected chi connectivity index (χ0v) is 13.5. The summed E-state index contributed by atoms with van der Waals surface area (Å²) < 4.78 is 11.5. The van der Waals surface area contributed by atoms with Crippen molar-refractivity contribution in [3.8, 4) is 5.75 Å². The van der Waals surface area contributed by atoms with Gasteiger partial charge in [-0.25, -0.2) is 4.79 Å². The summed E-state index contributed by atoms with van der Waals surface area (Å²) in [4.78, 5) is 23.5. The number of rotatable bonds is 7. The van der Waals surface area contributed by atoms with Gasteiger partial charge in [-0.2, -0.15) is 0 Å². The van der Waals surface area contributed by atoms with Gasteiger partial charge in [-0.3, -0.25) is 4.79 Å². The van der Waals surface area contributed by atoms with Crippen LogP contribution in [0.1, 0.15) is 44.0 Å². The summed E-state index contributed by atoms with van der Waals surface area (Å²) in [7, 11) is 0. The second-order valence-corrected chi connectivity index (χ2v) is 5.26. The Morgan fingerprint density at radius 2 is 2.00 bits per heavy atom. The number of esters is 1. The van der Waals surface area contributed by atoms with Crippen LogP contribution in [0.15, 0.2) is 22.7 Å². The molecule has 0 N–H and O–H groups in total. The normalized spacial score (nSPS) is 11.8. The number of carbonyl (C=O) groups is 2. The zero-order chi connectivity index (χ0) is 15.1. The van der Waals surface area contributed by atoms with Crippen molar-refractivity contribution < 1.29 is 19.1 Å². The summed E-state index contributed by atoms with van der Waals surface area (Å²) in [5.74, 6) is -0.103. The highest BCUT2D eigenvalue weighted by atomic mass is 79.9. The van der Waals surface area contributed by atoms with Crippen LogP contribution in [0.2, 0.25) is 0 Å². The molecule has 0 fully saturated rings. The van der Waals surface area contributed by atoms with Gasteiger partial charge < -0.3 is 9.47 Å². The predicted molar refractivity (Wildman–Crippen MR) is 80.1 cm³/mol. The molecule has 1 unspecified atom stereocenters. The van der Waals surface area contributed by atoms with Crippen LogP contribution in [-0.2, 0) is 9.53 Å². The van der Waals surface area contributed by atoms with Gasteiger partial charge in [0.2, 0.25) is 0 Å². The molecule has 0 radical (unpaired) electrons. The van der Waals surface area contributed by atoms with E-state index < -0.39 is 12.1 Å². The van der Waals surface area contributed by atoms with Gasteiger partial charge in [0.15, 0.2) is 11.9 Å². The molecule has 110 valence electrons. The Bertz CT molecular complexity index is 485. The van der Waals surface area contributed by atoms with E-state index in [0.29, 0.717) is 24.3 Å². The first-order valence-electron chi connectivity index (χ1n) is 6.63. The molecule has 0 aromatic heterocycles. The molecule has 0 aliphatic heterocycles. The number of ether oxygens (including phenoxy) is 2. The van der Waals surface area contributed by atoms with Gasteiger partial charge >= 0.3 is 5.97 Å². The highest BCUT2D eigenvalue weighted by Crippen LogP contribution is 2.26. The maximum absolute atomic E-state index is 11.9. The smallest absolute Gasteiger partial charge is 0.347 e. The van der Waals surface area contributed by atoms with Crippen LogP contribution in [0.5, 0.6) is 5.75 Å². The van der Waals surface area contributed by atoms with E-state index in [2.05, 4.69) is 15.9 Å². The average molecular weight is 343 g/mol. The van der Waals surface area contributed by atoms with E-state index in [0.717, 1.165) is 10.9 Å². The van der Waals surface area contributed by atoms with Gasteiger partial charge in [-0.05, 0) is 38.5 Å². The van der Waals surface area contributed by atoms with Gasteiger partial charge in [0.25, 0.3) is 0 Å². The summed E-state index contributed by atoms with van der Waals surface area (Å²) >= 11 is 3.33. The first-order chi connectivity index (χ1) is 9.49. The molecule has 5 heteroatoms. The van der Waals surface area contributed by atoms with Crippen LogP contribution in [0.4, 0.5) is 0 Å². The molecule has 1 atom stereocenters. The predicted octanol–water partition coefficient (Wildman–Crippen LogP) is 3.76. The van der Waals surface area contributed by atoms with E-state index in [1.165, 1.54) is 6.92 Å². The van der Waals surface area contributed by atoms with Crippen LogP contribution in [0.3, 0.4) is 0 Å². The molecular weight excluding hydrogens is 324 g/mol. The molecule has 4 nitrogen and oxygen atoms in total. The van der Waals surface area contributed by atoms with Gasteiger partial charge in [0, 0.05) is 4.47 Å². The van der Waals surface area contributed by atoms with Crippen molar-refractivity contribution in [2.45, 2.75) is 39.7 Å². The monoisotopic (exact) mass is 342 g/mol. The molecule has 0 spiro atoms. The second kappa shape index (κ2) is 8.04. The van der Waals surface area contributed by atoms with Crippen molar-refractivity contribution >= 4 is 27.7 Å². The van der Waals surface area contributed by atoms with Crippen LogP contribution in [0, 0.1) is 0 Å². The van der Waals surface area contributed by atoms with Crippen LogP contribution in [-0.4, -0.2) is 24.5 Å². The number of hydrogen-bond acceptors (Lipinski definition) is 4. The van der Waals surface area contributed by atoms with E-state index >= 15 is 0 Å². The number of benzene rings is 1. The summed E-state index contributed by atoms with van der Waals surface area (Å²) in [6.45, 7) is 5.49. The third-order valence-corrected chi connectivity index (χ3v) is 3.19. The molecule has 1 rings (SSSR count). The van der Waals surface area contributed by atoms with Gasteiger partial charge in [0.1, 0.15) is 5.75 Å². The van der Waals surface area contributed by atoms with Crippen LogP contribution < -0.4 is 4.74 Å². The number of Topliss-reactive ketones (excluding diaryl/α,β-unsaturated/α-hetero) is 1. The van der Waals surface area contributed by atoms with E-state index in [-0.39, 0.29) is 5.78 Å². The van der Waals surface area contributed by atoms with Gasteiger partial charge in [-0.1, -0.05) is 29.3 Å². The molecule has 0 bridgehead atoms. The van der Waals surface area contributed by atoms with Crippen LogP contribution >= 0.6 is 15.9 Å². The van der Waals surface area contributed by atoms with Crippen molar-refractivity contribution in [3.05, 3.63) is 28.2 Å². The molecule has 0 saturated carbocycles. The fourth-order valence-corrected chi connectivity index (χ4v) is 2.10. The maximum Gasteiger partial charge on any atom is 0.347 e. The molecule has 20 heavy (non-hydrogen) atoms. The molecular formula is C15H19BrO4. The van der Waals surface area contributed by atoms with Crippen molar-refractivity contribution in [2.24, 2.45) is 0 Å². The standard InChI is InChI=1S/C15H19BrO4/c1-4-6-13(15(18)19-5-2)20-14-9-11(16)7-8-12(14)10(3)17/h7-9,13H,4-6H2,1-3H3. The number of ketones is 1. The van der Waals surface area contributed by atoms with E-state index in [9.17, 15) is 9.59 Å². The lowest BCUT2D eigenvalue weighted by molar-refractivity contribution is -0.151. The van der Waals surface area contributed by atoms with Crippen molar-refractivity contribution in [1.82, 2.24) is 0 Å². The number of halogens is 1. The van der Waals surface area contributed by atoms with E-state index in [1.807, 2.05) is 6.92 Å². The molecule has 0 saturated heterocycles. The minimum atomic E-state index is -0.688. The Labute approximate surface area is 127 Å². The highest BCUT2D eigenvalue weighted by molar-refractivity contribution is 9.10. The lowest BCUT2D eigenvalue weighted by Crippen LogP contribution is -2.29. The first-order valence-corrected chi connectivity index (χ1v) is 7.42. The number of carbonyl (C=O) groups excluding carboxylic acids is 2. The largest absolute Gasteiger partial charge is 0.478 e. The van der Waals surface area contributed by atoms with Crippen molar-refractivity contribution in [1.29, 1.82) is 0 Å². The Kier molecular flexibility index (Phi) is 6.71. The Morgan fingerprint density at radius 1 is 1.30 bits per heavy atom. The van der Waals surface area contributed by atoms with Gasteiger partial charge in [-0.15, -0.1) is 0 Å². The number of hydrogen-bond donors (Lipinski definition) is 0. The molecule has 1 aromatic rings. The quantitative estimate of drug-likeness (QED) is 0.559. The zero-order valence-electron chi connectivity index (χ0n) is 11.9. The molecule has 0 aliphatic rings. The summed E-state index contributed by atoms with van der Waals surface area (Å²) in [5, 5.41) is 0. The molecule has 0 heterocycles. The topological polar surface area (TPSA) is 52.6 Å². The summed E-state index contributed by atoms with van der Waals surface area (Å²) in [5.41, 5.74) is 0.457. The molecule has 1 aromatic carbocycles. The molecule has 0 amide bonds. The van der Waals surface area contributed by atoms with Gasteiger partial charge in [0.05, 0.1) is 12.2 Å². The fourth-order valence-electron chi connectivity index (χ4n) is 1.76. The lowest BCUT2D eigenvalue weighted by Gasteiger charge is -2.18. The second-order valence-electron chi connectivity index (χ2n) is 4.34. The van der Waals surface area contributed by atoms with Crippen molar-refractivity contribution in [2.75, 3.05) is 6.61 Å². The first kappa shape index (κ1) is 16.7. The minimum absolute atomic E-state index is 0.105. The summed E-state index contributed by atoms with van der Waals surface area (Å²) in [6, 6.07) is 5.14. The van der Waals surface area contributed by atoms with E-state index in [4.69, 9.17) is 9.47 Å². The summed E-state index contributed by atoms with van der Waals surface area (Å²) in [6.07, 6.45) is 0.641. The van der Waals surface area contributed by atoms with E-state index in [1.54, 1.807) is 25.1 Å². The Hall–Kier alpha value is -1.36. The Balaban J connectivity index is 3.00. The van der Waals surface area contributed by atoms with Crippen LogP contribution in [0.25, 0.3) is 0 Å².